The Morgan fingerprint density at radius 3 is 2.71 bits per heavy atom. The van der Waals surface area contributed by atoms with Crippen LogP contribution in [0.1, 0.15) is 26.0 Å². The van der Waals surface area contributed by atoms with E-state index >= 15 is 0 Å². The fraction of sp³-hybridized carbons (Fsp3) is 0.625. The number of carbonyl (C=O) groups excluding carboxylic acids is 1. The second kappa shape index (κ2) is 6.72. The lowest BCUT2D eigenvalue weighted by Crippen LogP contribution is -2.54. The molecule has 1 fully saturated rings. The monoisotopic (exact) mass is 331 g/mol. The molecule has 0 bridgehead atoms. The predicted molar refractivity (Wildman–Crippen MR) is 91.7 cm³/mol. The number of hydrogen-bond donors (Lipinski definition) is 1. The van der Waals surface area contributed by atoms with Gasteiger partial charge in [-0.1, -0.05) is 20.3 Å². The molecule has 2 aromatic heterocycles. The van der Waals surface area contributed by atoms with Crippen molar-refractivity contribution in [1.29, 1.82) is 0 Å². The quantitative estimate of drug-likeness (QED) is 0.875. The zero-order valence-corrected chi connectivity index (χ0v) is 14.5. The topological polar surface area (TPSA) is 92.7 Å². The number of carbonyl (C=O) groups is 1. The van der Waals surface area contributed by atoms with Gasteiger partial charge in [0.2, 0.25) is 5.91 Å². The molecule has 0 aromatic carbocycles. The summed E-state index contributed by atoms with van der Waals surface area (Å²) < 4.78 is 1.75. The molecule has 1 aliphatic rings. The van der Waals surface area contributed by atoms with Gasteiger partial charge in [-0.2, -0.15) is 14.6 Å². The fourth-order valence-electron chi connectivity index (χ4n) is 3.00. The average molecular weight is 331 g/mol. The molecule has 2 unspecified atom stereocenters. The van der Waals surface area contributed by atoms with Crippen LogP contribution in [0, 0.1) is 12.8 Å². The summed E-state index contributed by atoms with van der Waals surface area (Å²) in [6.45, 7) is 8.86. The van der Waals surface area contributed by atoms with Crippen LogP contribution < -0.4 is 10.6 Å². The van der Waals surface area contributed by atoms with E-state index in [-0.39, 0.29) is 11.8 Å². The number of anilines is 1. The van der Waals surface area contributed by atoms with E-state index in [4.69, 9.17) is 5.73 Å². The molecule has 0 spiro atoms. The highest BCUT2D eigenvalue weighted by Crippen LogP contribution is 2.18. The molecule has 2 aromatic rings. The van der Waals surface area contributed by atoms with E-state index in [2.05, 4.69) is 26.9 Å². The summed E-state index contributed by atoms with van der Waals surface area (Å²) in [5.74, 6) is 1.82. The summed E-state index contributed by atoms with van der Waals surface area (Å²) >= 11 is 0. The molecule has 1 aliphatic heterocycles. The molecule has 2 atom stereocenters. The average Bonchev–Trinajstić information content (AvgIpc) is 3.07. The summed E-state index contributed by atoms with van der Waals surface area (Å²) in [7, 11) is 0. The third kappa shape index (κ3) is 3.06. The Kier molecular flexibility index (Phi) is 4.66. The van der Waals surface area contributed by atoms with Crippen molar-refractivity contribution in [3.63, 3.8) is 0 Å². The molecule has 8 nitrogen and oxygen atoms in total. The van der Waals surface area contributed by atoms with Crippen molar-refractivity contribution in [2.24, 2.45) is 11.7 Å². The smallest absolute Gasteiger partial charge is 0.254 e. The molecule has 3 heterocycles. The first kappa shape index (κ1) is 16.6. The molecule has 24 heavy (non-hydrogen) atoms. The van der Waals surface area contributed by atoms with Crippen molar-refractivity contribution in [3.8, 4) is 0 Å². The van der Waals surface area contributed by atoms with E-state index in [0.29, 0.717) is 18.9 Å². The first-order valence-corrected chi connectivity index (χ1v) is 8.48. The van der Waals surface area contributed by atoms with Gasteiger partial charge in [0, 0.05) is 37.9 Å². The second-order valence-electron chi connectivity index (χ2n) is 6.45. The third-order valence-corrected chi connectivity index (χ3v) is 4.82. The Labute approximate surface area is 141 Å². The SMILES string of the molecule is CCC(C)C(N)C(=O)N1CCN(c2cc(C)nc3ncnn23)CC1. The molecule has 8 heteroatoms. The number of aromatic nitrogens is 4. The van der Waals surface area contributed by atoms with Crippen molar-refractivity contribution in [3.05, 3.63) is 18.1 Å². The number of piperazine rings is 1. The number of nitrogens with zero attached hydrogens (tertiary/aromatic N) is 6. The Hall–Kier alpha value is -2.22. The highest BCUT2D eigenvalue weighted by Gasteiger charge is 2.28. The van der Waals surface area contributed by atoms with Crippen LogP contribution in [-0.2, 0) is 4.79 Å². The van der Waals surface area contributed by atoms with Crippen LogP contribution in [0.15, 0.2) is 12.4 Å². The zero-order valence-electron chi connectivity index (χ0n) is 14.5. The predicted octanol–water partition coefficient (Wildman–Crippen LogP) is 0.455. The minimum atomic E-state index is -0.410. The number of hydrogen-bond acceptors (Lipinski definition) is 6. The maximum atomic E-state index is 12.5. The van der Waals surface area contributed by atoms with Gasteiger partial charge in [0.05, 0.1) is 6.04 Å². The molecule has 0 saturated carbocycles. The summed E-state index contributed by atoms with van der Waals surface area (Å²) in [4.78, 5) is 25.1. The Morgan fingerprint density at radius 2 is 2.04 bits per heavy atom. The van der Waals surface area contributed by atoms with Crippen LogP contribution in [0.5, 0.6) is 0 Å². The summed E-state index contributed by atoms with van der Waals surface area (Å²) in [5, 5.41) is 4.25. The second-order valence-corrected chi connectivity index (χ2v) is 6.45. The standard InChI is InChI=1S/C16H25N7O/c1-4-11(2)14(17)15(24)22-7-5-21(6-8-22)13-9-12(3)20-16-18-10-19-23(13)16/h9-11,14H,4-8,17H2,1-3H3. The maximum Gasteiger partial charge on any atom is 0.254 e. The first-order chi connectivity index (χ1) is 11.5. The van der Waals surface area contributed by atoms with Crippen LogP contribution in [0.2, 0.25) is 0 Å². The number of amides is 1. The molecule has 1 amide bonds. The van der Waals surface area contributed by atoms with E-state index in [1.165, 1.54) is 6.33 Å². The van der Waals surface area contributed by atoms with E-state index in [1.807, 2.05) is 24.8 Å². The third-order valence-electron chi connectivity index (χ3n) is 4.82. The number of aryl methyl sites for hydroxylation is 1. The maximum absolute atomic E-state index is 12.5. The normalized spacial score (nSPS) is 18.0. The lowest BCUT2D eigenvalue weighted by molar-refractivity contribution is -0.134. The Balaban J connectivity index is 1.71. The van der Waals surface area contributed by atoms with Gasteiger partial charge in [0.1, 0.15) is 12.1 Å². The molecular formula is C16H25N7O. The lowest BCUT2D eigenvalue weighted by atomic mass is 9.98. The van der Waals surface area contributed by atoms with E-state index < -0.39 is 6.04 Å². The molecule has 0 aliphatic carbocycles. The highest BCUT2D eigenvalue weighted by atomic mass is 16.2. The van der Waals surface area contributed by atoms with Crippen molar-refractivity contribution in [2.75, 3.05) is 31.1 Å². The largest absolute Gasteiger partial charge is 0.353 e. The molecule has 2 N–H and O–H groups in total. The van der Waals surface area contributed by atoms with Gasteiger partial charge >= 0.3 is 0 Å². The van der Waals surface area contributed by atoms with Gasteiger partial charge in [-0.3, -0.25) is 4.79 Å². The molecule has 3 rings (SSSR count). The van der Waals surface area contributed by atoms with Gasteiger partial charge in [-0.25, -0.2) is 4.98 Å². The van der Waals surface area contributed by atoms with Gasteiger partial charge in [0.15, 0.2) is 0 Å². The van der Waals surface area contributed by atoms with Gasteiger partial charge < -0.3 is 15.5 Å². The van der Waals surface area contributed by atoms with Crippen molar-refractivity contribution in [2.45, 2.75) is 33.2 Å². The summed E-state index contributed by atoms with van der Waals surface area (Å²) in [5.41, 5.74) is 7.00. The van der Waals surface area contributed by atoms with E-state index in [0.717, 1.165) is 31.0 Å². The van der Waals surface area contributed by atoms with Crippen LogP contribution in [0.25, 0.3) is 5.78 Å². The Bertz CT molecular complexity index is 720. The minimum Gasteiger partial charge on any atom is -0.353 e. The molecular weight excluding hydrogens is 306 g/mol. The number of rotatable bonds is 4. The van der Waals surface area contributed by atoms with E-state index in [1.54, 1.807) is 4.52 Å². The number of nitrogens with two attached hydrogens (primary N) is 1. The first-order valence-electron chi connectivity index (χ1n) is 8.48. The lowest BCUT2D eigenvalue weighted by Gasteiger charge is -2.37. The molecule has 0 radical (unpaired) electrons. The zero-order chi connectivity index (χ0) is 17.3. The summed E-state index contributed by atoms with van der Waals surface area (Å²) in [6, 6.07) is 1.59. The number of fused-ring (bicyclic) bond motifs is 1. The van der Waals surface area contributed by atoms with E-state index in [9.17, 15) is 4.79 Å². The van der Waals surface area contributed by atoms with Crippen LogP contribution in [0.4, 0.5) is 5.82 Å². The minimum absolute atomic E-state index is 0.0563. The van der Waals surface area contributed by atoms with Crippen LogP contribution in [0.3, 0.4) is 0 Å². The van der Waals surface area contributed by atoms with Crippen LogP contribution >= 0.6 is 0 Å². The summed E-state index contributed by atoms with van der Waals surface area (Å²) in [6.07, 6.45) is 2.42. The van der Waals surface area contributed by atoms with Crippen LogP contribution in [-0.4, -0.2) is 62.6 Å². The van der Waals surface area contributed by atoms with Gasteiger partial charge in [-0.15, -0.1) is 0 Å². The van der Waals surface area contributed by atoms with Crippen molar-refractivity contribution in [1.82, 2.24) is 24.5 Å². The highest BCUT2D eigenvalue weighted by molar-refractivity contribution is 5.82. The fourth-order valence-corrected chi connectivity index (χ4v) is 3.00. The molecule has 1 saturated heterocycles. The van der Waals surface area contributed by atoms with Crippen molar-refractivity contribution < 1.29 is 4.79 Å². The molecule has 130 valence electrons. The van der Waals surface area contributed by atoms with Gasteiger partial charge in [0.25, 0.3) is 5.78 Å². The van der Waals surface area contributed by atoms with Crippen molar-refractivity contribution >= 4 is 17.5 Å². The Morgan fingerprint density at radius 1 is 1.33 bits per heavy atom. The van der Waals surface area contributed by atoms with Gasteiger partial charge in [-0.05, 0) is 12.8 Å².